The lowest BCUT2D eigenvalue weighted by Gasteiger charge is -2.14. The highest BCUT2D eigenvalue weighted by molar-refractivity contribution is 9.10. The lowest BCUT2D eigenvalue weighted by Crippen LogP contribution is -2.30. The molecule has 1 aliphatic heterocycles. The van der Waals surface area contributed by atoms with Crippen molar-refractivity contribution >= 4 is 57.1 Å². The molecular weight excluding hydrogens is 562 g/mol. The molecule has 0 aromatic heterocycles. The minimum absolute atomic E-state index is 0.0246. The highest BCUT2D eigenvalue weighted by Gasteiger charge is 2.33. The lowest BCUT2D eigenvalue weighted by molar-refractivity contribution is -0.123. The van der Waals surface area contributed by atoms with E-state index >= 15 is 0 Å². The number of hydrogen-bond acceptors (Lipinski definition) is 4. The van der Waals surface area contributed by atoms with Crippen LogP contribution in [0.2, 0.25) is 10.0 Å². The minimum atomic E-state index is -0.557. The van der Waals surface area contributed by atoms with Gasteiger partial charge in [0, 0.05) is 0 Å². The number of methoxy groups -OCH3 is 1. The van der Waals surface area contributed by atoms with Crippen LogP contribution in [0.5, 0.6) is 11.5 Å². The molecule has 1 heterocycles. The Morgan fingerprint density at radius 2 is 1.74 bits per heavy atom. The third-order valence-electron chi connectivity index (χ3n) is 5.15. The van der Waals surface area contributed by atoms with Crippen LogP contribution in [0, 0.1) is 5.82 Å². The number of urea groups is 1. The molecule has 10 heteroatoms. The van der Waals surface area contributed by atoms with Crippen molar-refractivity contribution in [2.45, 2.75) is 13.2 Å². The summed E-state index contributed by atoms with van der Waals surface area (Å²) in [5, 5.41) is 3.46. The van der Waals surface area contributed by atoms with Gasteiger partial charge in [-0.1, -0.05) is 41.4 Å². The SMILES string of the molecule is COc1cc(/C=C2/NC(=O)N(Cc3ccc(F)cc3)C2=O)cc(Br)c1OCc1ccc(Cl)c(Cl)c1. The van der Waals surface area contributed by atoms with Crippen molar-refractivity contribution in [1.82, 2.24) is 10.2 Å². The third-order valence-corrected chi connectivity index (χ3v) is 6.47. The Morgan fingerprint density at radius 3 is 2.43 bits per heavy atom. The Morgan fingerprint density at radius 1 is 1.03 bits per heavy atom. The van der Waals surface area contributed by atoms with E-state index in [4.69, 9.17) is 32.7 Å². The lowest BCUT2D eigenvalue weighted by atomic mass is 10.1. The molecule has 4 rings (SSSR count). The molecule has 0 bridgehead atoms. The maximum atomic E-state index is 13.1. The Bertz CT molecular complexity index is 1330. The Hall–Kier alpha value is -3.07. The summed E-state index contributed by atoms with van der Waals surface area (Å²) in [4.78, 5) is 26.2. The van der Waals surface area contributed by atoms with Gasteiger partial charge in [-0.05, 0) is 75.1 Å². The van der Waals surface area contributed by atoms with Crippen LogP contribution in [0.25, 0.3) is 6.08 Å². The van der Waals surface area contributed by atoms with Crippen LogP contribution in [-0.4, -0.2) is 23.9 Å². The summed E-state index contributed by atoms with van der Waals surface area (Å²) in [6.07, 6.45) is 1.54. The third kappa shape index (κ3) is 5.78. The molecule has 35 heavy (non-hydrogen) atoms. The van der Waals surface area contributed by atoms with E-state index < -0.39 is 17.8 Å². The predicted molar refractivity (Wildman–Crippen MR) is 135 cm³/mol. The zero-order valence-corrected chi connectivity index (χ0v) is 21.4. The van der Waals surface area contributed by atoms with Gasteiger partial charge in [0.15, 0.2) is 11.5 Å². The zero-order valence-electron chi connectivity index (χ0n) is 18.3. The second kappa shape index (κ2) is 10.7. The summed E-state index contributed by atoms with van der Waals surface area (Å²) in [5.74, 6) is -0.00326. The van der Waals surface area contributed by atoms with Gasteiger partial charge in [-0.25, -0.2) is 9.18 Å². The van der Waals surface area contributed by atoms with E-state index in [0.29, 0.717) is 37.1 Å². The number of ether oxygens (including phenoxy) is 2. The Kier molecular flexibility index (Phi) is 7.64. The monoisotopic (exact) mass is 578 g/mol. The molecule has 1 fully saturated rings. The standard InChI is InChI=1S/C25H18BrCl2FN2O4/c1-34-22-11-16(8-18(26)23(22)35-13-15-4-7-19(27)20(28)9-15)10-21-24(32)31(25(33)30-21)12-14-2-5-17(29)6-3-14/h2-11H,12-13H2,1H3,(H,30,33)/b21-10+. The van der Waals surface area contributed by atoms with Crippen LogP contribution in [-0.2, 0) is 17.9 Å². The molecule has 3 aromatic carbocycles. The predicted octanol–water partition coefficient (Wildman–Crippen LogP) is 6.58. The largest absolute Gasteiger partial charge is 0.493 e. The molecule has 1 saturated heterocycles. The summed E-state index contributed by atoms with van der Waals surface area (Å²) in [7, 11) is 1.50. The molecular formula is C25H18BrCl2FN2O4. The molecule has 1 N–H and O–H groups in total. The first-order chi connectivity index (χ1) is 16.7. The van der Waals surface area contributed by atoms with E-state index in [1.807, 2.05) is 0 Å². The number of carbonyl (C=O) groups excluding carboxylic acids is 2. The Balaban J connectivity index is 1.52. The molecule has 0 spiro atoms. The van der Waals surface area contributed by atoms with E-state index in [-0.39, 0.29) is 18.8 Å². The molecule has 6 nitrogen and oxygen atoms in total. The highest BCUT2D eigenvalue weighted by atomic mass is 79.9. The number of amides is 3. The summed E-state index contributed by atoms with van der Waals surface area (Å²) in [5.41, 5.74) is 2.16. The topological polar surface area (TPSA) is 67.9 Å². The van der Waals surface area contributed by atoms with Gasteiger partial charge >= 0.3 is 6.03 Å². The van der Waals surface area contributed by atoms with Crippen molar-refractivity contribution < 1.29 is 23.5 Å². The van der Waals surface area contributed by atoms with Crippen LogP contribution in [0.1, 0.15) is 16.7 Å². The van der Waals surface area contributed by atoms with Crippen LogP contribution in [0.3, 0.4) is 0 Å². The highest BCUT2D eigenvalue weighted by Crippen LogP contribution is 2.38. The average Bonchev–Trinajstić information content (AvgIpc) is 3.08. The number of halogens is 4. The summed E-state index contributed by atoms with van der Waals surface area (Å²) in [6, 6.07) is 13.7. The van der Waals surface area contributed by atoms with Crippen molar-refractivity contribution in [3.8, 4) is 11.5 Å². The van der Waals surface area contributed by atoms with Gasteiger partial charge in [0.05, 0.1) is 28.2 Å². The van der Waals surface area contributed by atoms with Gasteiger partial charge in [0.25, 0.3) is 5.91 Å². The summed E-state index contributed by atoms with van der Waals surface area (Å²) >= 11 is 15.5. The van der Waals surface area contributed by atoms with Gasteiger partial charge in [0.2, 0.25) is 0 Å². The first-order valence-electron chi connectivity index (χ1n) is 10.3. The van der Waals surface area contributed by atoms with Gasteiger partial charge < -0.3 is 14.8 Å². The fourth-order valence-corrected chi connectivity index (χ4v) is 4.30. The van der Waals surface area contributed by atoms with E-state index in [1.165, 1.54) is 31.4 Å². The van der Waals surface area contributed by atoms with Crippen LogP contribution < -0.4 is 14.8 Å². The Labute approximate surface area is 219 Å². The normalized spacial score (nSPS) is 14.4. The van der Waals surface area contributed by atoms with Crippen LogP contribution in [0.4, 0.5) is 9.18 Å². The fraction of sp³-hybridized carbons (Fsp3) is 0.120. The van der Waals surface area contributed by atoms with Gasteiger partial charge in [-0.15, -0.1) is 0 Å². The number of imide groups is 1. The summed E-state index contributed by atoms with van der Waals surface area (Å²) < 4.78 is 25.1. The molecule has 180 valence electrons. The van der Waals surface area contributed by atoms with Crippen molar-refractivity contribution in [1.29, 1.82) is 0 Å². The first kappa shape index (κ1) is 25.0. The molecule has 0 unspecified atom stereocenters. The maximum absolute atomic E-state index is 13.1. The smallest absolute Gasteiger partial charge is 0.329 e. The number of benzene rings is 3. The summed E-state index contributed by atoms with van der Waals surface area (Å²) in [6.45, 7) is 0.246. The molecule has 0 saturated carbocycles. The van der Waals surface area contributed by atoms with Gasteiger partial charge in [0.1, 0.15) is 18.1 Å². The van der Waals surface area contributed by atoms with Crippen molar-refractivity contribution in [2.24, 2.45) is 0 Å². The van der Waals surface area contributed by atoms with E-state index in [0.717, 1.165) is 10.5 Å². The van der Waals surface area contributed by atoms with Crippen molar-refractivity contribution in [3.05, 3.63) is 97.3 Å². The molecule has 0 radical (unpaired) electrons. The number of hydrogen-bond donors (Lipinski definition) is 1. The van der Waals surface area contributed by atoms with Crippen molar-refractivity contribution in [2.75, 3.05) is 7.11 Å². The van der Waals surface area contributed by atoms with E-state index in [1.54, 1.807) is 36.4 Å². The van der Waals surface area contributed by atoms with E-state index in [9.17, 15) is 14.0 Å². The molecule has 1 aliphatic rings. The quantitative estimate of drug-likeness (QED) is 0.254. The first-order valence-corrected chi connectivity index (χ1v) is 11.8. The molecule has 3 aromatic rings. The fourth-order valence-electron chi connectivity index (χ4n) is 3.40. The van der Waals surface area contributed by atoms with Gasteiger partial charge in [-0.3, -0.25) is 9.69 Å². The molecule has 0 aliphatic carbocycles. The van der Waals surface area contributed by atoms with Gasteiger partial charge in [-0.2, -0.15) is 0 Å². The molecule has 0 atom stereocenters. The zero-order chi connectivity index (χ0) is 25.1. The molecule has 3 amide bonds. The number of rotatable bonds is 7. The maximum Gasteiger partial charge on any atom is 0.329 e. The van der Waals surface area contributed by atoms with Crippen molar-refractivity contribution in [3.63, 3.8) is 0 Å². The van der Waals surface area contributed by atoms with Crippen LogP contribution >= 0.6 is 39.1 Å². The number of nitrogens with one attached hydrogen (secondary N) is 1. The van der Waals surface area contributed by atoms with E-state index in [2.05, 4.69) is 21.2 Å². The second-order valence-corrected chi connectivity index (χ2v) is 9.25. The minimum Gasteiger partial charge on any atom is -0.493 e. The van der Waals surface area contributed by atoms with Crippen LogP contribution in [0.15, 0.2) is 64.8 Å². The number of nitrogens with zero attached hydrogens (tertiary/aromatic N) is 1. The number of carbonyl (C=O) groups is 2. The second-order valence-electron chi connectivity index (χ2n) is 7.58. The average molecular weight is 580 g/mol.